The normalized spacial score (nSPS) is 15.4. The fourth-order valence-electron chi connectivity index (χ4n) is 3.81. The molecule has 3 rings (SSSR count). The van der Waals surface area contributed by atoms with Crippen molar-refractivity contribution >= 4 is 29.9 Å². The summed E-state index contributed by atoms with van der Waals surface area (Å²) in [7, 11) is 1.74. The van der Waals surface area contributed by atoms with Gasteiger partial charge >= 0.3 is 0 Å². The third-order valence-electron chi connectivity index (χ3n) is 5.23. The molecule has 0 saturated carbocycles. The van der Waals surface area contributed by atoms with Gasteiger partial charge in [-0.15, -0.1) is 24.0 Å². The lowest BCUT2D eigenvalue weighted by Crippen LogP contribution is -2.42. The number of aryl methyl sites for hydroxylation is 1. The number of benzene rings is 1. The van der Waals surface area contributed by atoms with Gasteiger partial charge in [-0.05, 0) is 58.0 Å². The van der Waals surface area contributed by atoms with Gasteiger partial charge in [-0.1, -0.05) is 24.3 Å². The van der Waals surface area contributed by atoms with E-state index in [0.717, 1.165) is 49.3 Å². The molecule has 1 aromatic heterocycles. The van der Waals surface area contributed by atoms with Crippen molar-refractivity contribution in [3.63, 3.8) is 0 Å². The fourth-order valence-corrected chi connectivity index (χ4v) is 3.81. The molecule has 7 heteroatoms. The van der Waals surface area contributed by atoms with Crippen LogP contribution in [-0.2, 0) is 6.54 Å². The maximum absolute atomic E-state index is 5.65. The third-order valence-corrected chi connectivity index (χ3v) is 5.23. The van der Waals surface area contributed by atoms with E-state index in [2.05, 4.69) is 39.6 Å². The second-order valence-corrected chi connectivity index (χ2v) is 7.35. The molecule has 1 unspecified atom stereocenters. The van der Waals surface area contributed by atoms with E-state index in [1.54, 1.807) is 7.11 Å². The predicted molar refractivity (Wildman–Crippen MR) is 134 cm³/mol. The van der Waals surface area contributed by atoms with E-state index in [0.29, 0.717) is 6.54 Å². The van der Waals surface area contributed by atoms with Crippen LogP contribution in [0, 0.1) is 6.92 Å². The number of nitrogens with zero attached hydrogens (tertiary/aromatic N) is 3. The Bertz CT molecular complexity index is 808. The molecule has 2 aromatic rings. The number of hydrogen-bond donors (Lipinski definition) is 2. The molecule has 0 spiro atoms. The highest BCUT2D eigenvalue weighted by Gasteiger charge is 2.26. The van der Waals surface area contributed by atoms with E-state index < -0.39 is 0 Å². The van der Waals surface area contributed by atoms with Crippen LogP contribution in [0.1, 0.15) is 42.8 Å². The molecule has 0 bridgehead atoms. The molecule has 2 N–H and O–H groups in total. The Morgan fingerprint density at radius 2 is 1.90 bits per heavy atom. The van der Waals surface area contributed by atoms with Gasteiger partial charge in [-0.2, -0.15) is 0 Å². The topological polar surface area (TPSA) is 61.8 Å². The lowest BCUT2D eigenvalue weighted by molar-refractivity contribution is 0.239. The summed E-state index contributed by atoms with van der Waals surface area (Å²) in [6.45, 7) is 8.46. The summed E-state index contributed by atoms with van der Waals surface area (Å²) in [5, 5.41) is 6.90. The Hall–Kier alpha value is -1.87. The quantitative estimate of drug-likeness (QED) is 0.312. The predicted octanol–water partition coefficient (Wildman–Crippen LogP) is 3.91. The minimum atomic E-state index is 0. The molecule has 0 radical (unpaired) electrons. The summed E-state index contributed by atoms with van der Waals surface area (Å²) < 4.78 is 5.65. The summed E-state index contributed by atoms with van der Waals surface area (Å²) in [6.07, 6.45) is 2.50. The van der Waals surface area contributed by atoms with E-state index >= 15 is 0 Å². The highest BCUT2D eigenvalue weighted by molar-refractivity contribution is 14.0. The third kappa shape index (κ3) is 6.84. The molecule has 0 amide bonds. The van der Waals surface area contributed by atoms with E-state index in [1.165, 1.54) is 18.4 Å². The summed E-state index contributed by atoms with van der Waals surface area (Å²) in [5.74, 6) is 1.76. The number of likely N-dealkylation sites (tertiary alicyclic amines) is 1. The Labute approximate surface area is 197 Å². The first kappa shape index (κ1) is 24.4. The van der Waals surface area contributed by atoms with Crippen molar-refractivity contribution in [3.05, 3.63) is 59.4 Å². The zero-order chi connectivity index (χ0) is 20.5. The number of aromatic nitrogens is 1. The SMILES string of the molecule is CCNC(=NCc1cccc(C)n1)NCC(c1ccccc1OC)N1CCCC1.I. The van der Waals surface area contributed by atoms with Crippen molar-refractivity contribution in [1.29, 1.82) is 0 Å². The molecule has 1 aliphatic heterocycles. The highest BCUT2D eigenvalue weighted by Crippen LogP contribution is 2.31. The number of para-hydroxylation sites is 1. The van der Waals surface area contributed by atoms with Gasteiger partial charge in [0.05, 0.1) is 25.4 Å². The smallest absolute Gasteiger partial charge is 0.191 e. The first-order chi connectivity index (χ1) is 14.2. The Morgan fingerprint density at radius 3 is 2.60 bits per heavy atom. The van der Waals surface area contributed by atoms with Gasteiger partial charge in [0.1, 0.15) is 5.75 Å². The molecular formula is C23H34IN5O. The van der Waals surface area contributed by atoms with Gasteiger partial charge in [0.2, 0.25) is 0 Å². The molecule has 6 nitrogen and oxygen atoms in total. The number of methoxy groups -OCH3 is 1. The van der Waals surface area contributed by atoms with Gasteiger partial charge in [0.25, 0.3) is 0 Å². The maximum Gasteiger partial charge on any atom is 0.191 e. The van der Waals surface area contributed by atoms with Crippen molar-refractivity contribution in [1.82, 2.24) is 20.5 Å². The molecule has 1 saturated heterocycles. The monoisotopic (exact) mass is 523 g/mol. The van der Waals surface area contributed by atoms with Crippen LogP contribution in [0.3, 0.4) is 0 Å². The number of aliphatic imine (C=N–C) groups is 1. The molecule has 164 valence electrons. The standard InChI is InChI=1S/C23H33N5O.HI/c1-4-24-23(25-16-19-11-9-10-18(2)27-19)26-17-21(28-14-7-8-15-28)20-12-5-6-13-22(20)29-3;/h5-6,9-13,21H,4,7-8,14-17H2,1-3H3,(H2,24,25,26);1H. The number of rotatable bonds is 8. The molecule has 1 aliphatic rings. The van der Waals surface area contributed by atoms with Crippen LogP contribution in [0.5, 0.6) is 5.75 Å². The van der Waals surface area contributed by atoms with Crippen LogP contribution in [0.4, 0.5) is 0 Å². The molecule has 1 aromatic carbocycles. The Morgan fingerprint density at radius 1 is 1.13 bits per heavy atom. The van der Waals surface area contributed by atoms with Gasteiger partial charge < -0.3 is 15.4 Å². The first-order valence-electron chi connectivity index (χ1n) is 10.5. The molecule has 2 heterocycles. The average molecular weight is 523 g/mol. The summed E-state index contributed by atoms with van der Waals surface area (Å²) >= 11 is 0. The van der Waals surface area contributed by atoms with Crippen molar-refractivity contribution in [2.45, 2.75) is 39.3 Å². The number of nitrogens with one attached hydrogen (secondary N) is 2. The minimum Gasteiger partial charge on any atom is -0.496 e. The van der Waals surface area contributed by atoms with Gasteiger partial charge in [-0.25, -0.2) is 4.99 Å². The second kappa shape index (κ2) is 12.7. The molecule has 1 fully saturated rings. The van der Waals surface area contributed by atoms with Crippen molar-refractivity contribution < 1.29 is 4.74 Å². The van der Waals surface area contributed by atoms with Crippen molar-refractivity contribution in [2.75, 3.05) is 33.3 Å². The largest absolute Gasteiger partial charge is 0.496 e. The van der Waals surface area contributed by atoms with E-state index in [4.69, 9.17) is 9.73 Å². The number of halogens is 1. The number of guanidine groups is 1. The Balaban J connectivity index is 0.00000320. The summed E-state index contributed by atoms with van der Waals surface area (Å²) in [4.78, 5) is 11.8. The van der Waals surface area contributed by atoms with Gasteiger partial charge in [0.15, 0.2) is 5.96 Å². The molecular weight excluding hydrogens is 489 g/mol. The van der Waals surface area contributed by atoms with Crippen LogP contribution in [-0.4, -0.2) is 49.1 Å². The average Bonchev–Trinajstić information content (AvgIpc) is 3.27. The molecule has 30 heavy (non-hydrogen) atoms. The van der Waals surface area contributed by atoms with Gasteiger partial charge in [-0.3, -0.25) is 9.88 Å². The number of hydrogen-bond acceptors (Lipinski definition) is 4. The minimum absolute atomic E-state index is 0. The second-order valence-electron chi connectivity index (χ2n) is 7.35. The molecule has 1 atom stereocenters. The lowest BCUT2D eigenvalue weighted by atomic mass is 10.0. The molecule has 0 aliphatic carbocycles. The van der Waals surface area contributed by atoms with E-state index in [1.807, 2.05) is 37.3 Å². The zero-order valence-corrected chi connectivity index (χ0v) is 20.6. The van der Waals surface area contributed by atoms with Gasteiger partial charge in [0, 0.05) is 24.3 Å². The van der Waals surface area contributed by atoms with Crippen molar-refractivity contribution in [2.24, 2.45) is 4.99 Å². The van der Waals surface area contributed by atoms with Crippen LogP contribution in [0.2, 0.25) is 0 Å². The van der Waals surface area contributed by atoms with Crippen molar-refractivity contribution in [3.8, 4) is 5.75 Å². The maximum atomic E-state index is 5.65. The Kier molecular flexibility index (Phi) is 10.4. The van der Waals surface area contributed by atoms with Crippen LogP contribution in [0.25, 0.3) is 0 Å². The van der Waals surface area contributed by atoms with E-state index in [9.17, 15) is 0 Å². The lowest BCUT2D eigenvalue weighted by Gasteiger charge is -2.30. The summed E-state index contributed by atoms with van der Waals surface area (Å²) in [5.41, 5.74) is 3.21. The van der Waals surface area contributed by atoms with Crippen LogP contribution in [0.15, 0.2) is 47.5 Å². The number of ether oxygens (including phenoxy) is 1. The van der Waals surface area contributed by atoms with E-state index in [-0.39, 0.29) is 30.0 Å². The fraction of sp³-hybridized carbons (Fsp3) is 0.478. The highest BCUT2D eigenvalue weighted by atomic mass is 127. The van der Waals surface area contributed by atoms with Crippen LogP contribution < -0.4 is 15.4 Å². The zero-order valence-electron chi connectivity index (χ0n) is 18.2. The summed E-state index contributed by atoms with van der Waals surface area (Å²) in [6, 6.07) is 14.6. The first-order valence-corrected chi connectivity index (χ1v) is 10.5. The number of pyridine rings is 1. The van der Waals surface area contributed by atoms with Crippen LogP contribution >= 0.6 is 24.0 Å².